The van der Waals surface area contributed by atoms with Gasteiger partial charge in [-0.15, -0.1) is 0 Å². The Morgan fingerprint density at radius 1 is 1.26 bits per heavy atom. The van der Waals surface area contributed by atoms with Crippen molar-refractivity contribution in [3.8, 4) is 11.6 Å². The molecule has 3 aromatic rings. The third-order valence-electron chi connectivity index (χ3n) is 2.27. The Hall–Kier alpha value is -1.79. The summed E-state index contributed by atoms with van der Waals surface area (Å²) in [5, 5.41) is 5.19. The summed E-state index contributed by atoms with van der Waals surface area (Å²) in [7, 11) is 0. The molecule has 0 fully saturated rings. The molecular formula is C12H8ClN3O2S. The number of hydrogen-bond donors (Lipinski definition) is 0. The average Bonchev–Trinajstić information content (AvgIpc) is 3.09. The molecule has 19 heavy (non-hydrogen) atoms. The zero-order chi connectivity index (χ0) is 13.1. The van der Waals surface area contributed by atoms with Crippen LogP contribution in [0, 0.1) is 0 Å². The highest BCUT2D eigenvalue weighted by molar-refractivity contribution is 7.98. The summed E-state index contributed by atoms with van der Waals surface area (Å²) in [5.41, 5.74) is 0. The summed E-state index contributed by atoms with van der Waals surface area (Å²) in [6.07, 6.45) is 3.25. The first-order chi connectivity index (χ1) is 9.33. The lowest BCUT2D eigenvalue weighted by molar-refractivity contribution is 0.390. The Bertz CT molecular complexity index is 669. The van der Waals surface area contributed by atoms with Crippen LogP contribution in [0.3, 0.4) is 0 Å². The van der Waals surface area contributed by atoms with Gasteiger partial charge in [0.25, 0.3) is 0 Å². The lowest BCUT2D eigenvalue weighted by Gasteiger charge is -1.98. The van der Waals surface area contributed by atoms with E-state index in [0.717, 1.165) is 5.03 Å². The second-order valence-corrected chi connectivity index (χ2v) is 4.94. The standard InChI is InChI=1S/C12H8ClN3O2S/c13-8-3-1-5-14-12(8)19-7-10-15-11(16-18-10)9-4-2-6-17-9/h1-6H,7H2. The van der Waals surface area contributed by atoms with Crippen LogP contribution in [0.2, 0.25) is 5.02 Å². The fourth-order valence-corrected chi connectivity index (χ4v) is 2.43. The number of furan rings is 1. The third-order valence-corrected chi connectivity index (χ3v) is 3.67. The summed E-state index contributed by atoms with van der Waals surface area (Å²) in [5.74, 6) is 2.02. The summed E-state index contributed by atoms with van der Waals surface area (Å²) in [6, 6.07) is 7.12. The number of rotatable bonds is 4. The monoisotopic (exact) mass is 293 g/mol. The van der Waals surface area contributed by atoms with E-state index in [1.165, 1.54) is 11.8 Å². The van der Waals surface area contributed by atoms with Gasteiger partial charge >= 0.3 is 0 Å². The number of thioether (sulfide) groups is 1. The van der Waals surface area contributed by atoms with E-state index in [1.807, 2.05) is 0 Å². The van der Waals surface area contributed by atoms with Crippen molar-refractivity contribution in [1.29, 1.82) is 0 Å². The highest BCUT2D eigenvalue weighted by atomic mass is 35.5. The van der Waals surface area contributed by atoms with Crippen LogP contribution in [0.15, 0.2) is 50.7 Å². The average molecular weight is 294 g/mol. The fourth-order valence-electron chi connectivity index (χ4n) is 1.43. The van der Waals surface area contributed by atoms with Crippen LogP contribution in [-0.2, 0) is 5.75 Å². The van der Waals surface area contributed by atoms with Gasteiger partial charge in [0.2, 0.25) is 11.7 Å². The Kier molecular flexibility index (Phi) is 3.52. The van der Waals surface area contributed by atoms with Crippen molar-refractivity contribution in [1.82, 2.24) is 15.1 Å². The molecule has 0 radical (unpaired) electrons. The van der Waals surface area contributed by atoms with E-state index in [-0.39, 0.29) is 0 Å². The van der Waals surface area contributed by atoms with Crippen molar-refractivity contribution >= 4 is 23.4 Å². The second-order valence-electron chi connectivity index (χ2n) is 3.57. The van der Waals surface area contributed by atoms with E-state index in [1.54, 1.807) is 36.7 Å². The van der Waals surface area contributed by atoms with E-state index in [2.05, 4.69) is 15.1 Å². The fraction of sp³-hybridized carbons (Fsp3) is 0.0833. The smallest absolute Gasteiger partial charge is 0.238 e. The molecule has 0 atom stereocenters. The molecule has 0 saturated heterocycles. The Morgan fingerprint density at radius 3 is 3.00 bits per heavy atom. The predicted molar refractivity (Wildman–Crippen MR) is 70.8 cm³/mol. The number of halogens is 1. The van der Waals surface area contributed by atoms with Crippen LogP contribution in [0.1, 0.15) is 5.89 Å². The first kappa shape index (κ1) is 12.3. The van der Waals surface area contributed by atoms with Crippen LogP contribution >= 0.6 is 23.4 Å². The van der Waals surface area contributed by atoms with Gasteiger partial charge < -0.3 is 8.94 Å². The van der Waals surface area contributed by atoms with Crippen molar-refractivity contribution in [2.45, 2.75) is 10.8 Å². The van der Waals surface area contributed by atoms with E-state index < -0.39 is 0 Å². The first-order valence-electron chi connectivity index (χ1n) is 5.43. The summed E-state index contributed by atoms with van der Waals surface area (Å²) in [4.78, 5) is 8.41. The van der Waals surface area contributed by atoms with Crippen molar-refractivity contribution in [3.63, 3.8) is 0 Å². The van der Waals surface area contributed by atoms with Crippen LogP contribution in [0.25, 0.3) is 11.6 Å². The lowest BCUT2D eigenvalue weighted by Crippen LogP contribution is -1.84. The molecule has 0 N–H and O–H groups in total. The largest absolute Gasteiger partial charge is 0.461 e. The predicted octanol–water partition coefficient (Wildman–Crippen LogP) is 3.67. The molecule has 0 aliphatic carbocycles. The van der Waals surface area contributed by atoms with Gasteiger partial charge in [0.15, 0.2) is 5.76 Å². The molecule has 0 spiro atoms. The van der Waals surface area contributed by atoms with Gasteiger partial charge in [-0.3, -0.25) is 0 Å². The highest BCUT2D eigenvalue weighted by Crippen LogP contribution is 2.27. The van der Waals surface area contributed by atoms with Gasteiger partial charge in [-0.05, 0) is 24.3 Å². The highest BCUT2D eigenvalue weighted by Gasteiger charge is 2.11. The van der Waals surface area contributed by atoms with Crippen LogP contribution in [-0.4, -0.2) is 15.1 Å². The maximum absolute atomic E-state index is 6.01. The molecule has 0 amide bonds. The SMILES string of the molecule is Clc1cccnc1SCc1nc(-c2ccco2)no1. The zero-order valence-corrected chi connectivity index (χ0v) is 11.2. The minimum atomic E-state index is 0.438. The van der Waals surface area contributed by atoms with Gasteiger partial charge in [-0.2, -0.15) is 4.98 Å². The van der Waals surface area contributed by atoms with Crippen LogP contribution in [0.5, 0.6) is 0 Å². The second kappa shape index (κ2) is 5.46. The molecule has 0 bridgehead atoms. The quantitative estimate of drug-likeness (QED) is 0.684. The van der Waals surface area contributed by atoms with Gasteiger partial charge in [0.1, 0.15) is 5.03 Å². The van der Waals surface area contributed by atoms with Crippen molar-refractivity contribution < 1.29 is 8.94 Å². The van der Waals surface area contributed by atoms with Gasteiger partial charge in [0.05, 0.1) is 17.0 Å². The molecule has 7 heteroatoms. The first-order valence-corrected chi connectivity index (χ1v) is 6.79. The number of pyridine rings is 1. The number of hydrogen-bond acceptors (Lipinski definition) is 6. The molecule has 3 rings (SSSR count). The molecule has 5 nitrogen and oxygen atoms in total. The summed E-state index contributed by atoms with van der Waals surface area (Å²) in [6.45, 7) is 0. The van der Waals surface area contributed by atoms with Crippen molar-refractivity contribution in [3.05, 3.63) is 47.6 Å². The minimum Gasteiger partial charge on any atom is -0.461 e. The third kappa shape index (κ3) is 2.80. The molecule has 0 saturated carbocycles. The maximum atomic E-state index is 6.01. The lowest BCUT2D eigenvalue weighted by atomic mass is 10.4. The van der Waals surface area contributed by atoms with Gasteiger partial charge in [-0.25, -0.2) is 4.98 Å². The molecule has 3 aromatic heterocycles. The van der Waals surface area contributed by atoms with Crippen LogP contribution in [0.4, 0.5) is 0 Å². The Morgan fingerprint density at radius 2 is 2.21 bits per heavy atom. The molecule has 96 valence electrons. The maximum Gasteiger partial charge on any atom is 0.238 e. The summed E-state index contributed by atoms with van der Waals surface area (Å²) >= 11 is 7.45. The molecule has 0 aliphatic heterocycles. The normalized spacial score (nSPS) is 10.8. The van der Waals surface area contributed by atoms with Crippen molar-refractivity contribution in [2.75, 3.05) is 0 Å². The zero-order valence-electron chi connectivity index (χ0n) is 9.62. The molecular weight excluding hydrogens is 286 g/mol. The van der Waals surface area contributed by atoms with Gasteiger partial charge in [-0.1, -0.05) is 28.5 Å². The van der Waals surface area contributed by atoms with Gasteiger partial charge in [0, 0.05) is 6.20 Å². The molecule has 0 aromatic carbocycles. The van der Waals surface area contributed by atoms with E-state index in [4.69, 9.17) is 20.5 Å². The van der Waals surface area contributed by atoms with E-state index in [9.17, 15) is 0 Å². The van der Waals surface area contributed by atoms with E-state index >= 15 is 0 Å². The van der Waals surface area contributed by atoms with Crippen molar-refractivity contribution in [2.24, 2.45) is 0 Å². The minimum absolute atomic E-state index is 0.438. The number of aromatic nitrogens is 3. The molecule has 0 aliphatic rings. The summed E-state index contributed by atoms with van der Waals surface area (Å²) < 4.78 is 10.3. The van der Waals surface area contributed by atoms with E-state index in [0.29, 0.717) is 28.3 Å². The molecule has 0 unspecified atom stereocenters. The van der Waals surface area contributed by atoms with Crippen LogP contribution < -0.4 is 0 Å². The number of nitrogens with zero attached hydrogens (tertiary/aromatic N) is 3. The Balaban J connectivity index is 1.70. The topological polar surface area (TPSA) is 65.0 Å². The molecule has 3 heterocycles. The Labute approximate surface area is 118 Å².